The van der Waals surface area contributed by atoms with Crippen molar-refractivity contribution in [1.29, 1.82) is 0 Å². The van der Waals surface area contributed by atoms with Crippen molar-refractivity contribution in [2.24, 2.45) is 5.73 Å². The molecule has 0 radical (unpaired) electrons. The second-order valence-corrected chi connectivity index (χ2v) is 13.9. The van der Waals surface area contributed by atoms with Gasteiger partial charge in [-0.05, 0) is 56.1 Å². The van der Waals surface area contributed by atoms with E-state index in [1.54, 1.807) is 4.90 Å². The zero-order valence-electron chi connectivity index (χ0n) is 20.3. The van der Waals surface area contributed by atoms with E-state index < -0.39 is 27.3 Å². The fraction of sp³-hybridized carbons (Fsp3) is 0.696. The summed E-state index contributed by atoms with van der Waals surface area (Å²) in [6.07, 6.45) is 0.125. The summed E-state index contributed by atoms with van der Waals surface area (Å²) in [4.78, 5) is 14.3. The number of nitrogens with zero attached hydrogens (tertiary/aromatic N) is 1. The fourth-order valence-corrected chi connectivity index (χ4v) is 3.78. The van der Waals surface area contributed by atoms with Crippen molar-refractivity contribution in [3.63, 3.8) is 0 Å². The van der Waals surface area contributed by atoms with Gasteiger partial charge in [0.1, 0.15) is 11.8 Å². The molecule has 1 rings (SSSR count). The number of aliphatic hydroxyl groups is 1. The molecular weight excluding hydrogens is 412 g/mol. The average Bonchev–Trinajstić information content (AvgIpc) is 2.70. The number of amides is 1. The minimum atomic E-state index is -1.88. The van der Waals surface area contributed by atoms with E-state index in [1.807, 2.05) is 38.1 Å². The second-order valence-electron chi connectivity index (χ2n) is 9.17. The van der Waals surface area contributed by atoms with Crippen molar-refractivity contribution in [3.8, 4) is 5.75 Å². The Morgan fingerprint density at radius 1 is 1.13 bits per heavy atom. The van der Waals surface area contributed by atoms with Gasteiger partial charge in [-0.15, -0.1) is 0 Å². The number of aliphatic hydroxyl groups excluding tert-OH is 1. The third-order valence-corrected chi connectivity index (χ3v) is 10.0. The lowest BCUT2D eigenvalue weighted by Gasteiger charge is -2.36. The van der Waals surface area contributed by atoms with Crippen LogP contribution in [-0.2, 0) is 20.7 Å². The summed E-state index contributed by atoms with van der Waals surface area (Å²) in [6.45, 7) is 16.1. The highest BCUT2D eigenvalue weighted by Gasteiger charge is 2.38. The minimum Gasteiger partial charge on any atom is -0.544 e. The van der Waals surface area contributed by atoms with Gasteiger partial charge in [-0.3, -0.25) is 4.79 Å². The van der Waals surface area contributed by atoms with Gasteiger partial charge in [-0.25, -0.2) is 0 Å². The molecule has 0 aliphatic carbocycles. The number of hydrogen-bond donors (Lipinski definition) is 2. The first kappa shape index (κ1) is 27.6. The lowest BCUT2D eigenvalue weighted by molar-refractivity contribution is -0.159. The summed E-state index contributed by atoms with van der Waals surface area (Å²) in [5, 5.41) is 9.45. The highest BCUT2D eigenvalue weighted by Crippen LogP contribution is 2.37. The summed E-state index contributed by atoms with van der Waals surface area (Å²) in [6, 6.07) is 7.08. The van der Waals surface area contributed by atoms with Gasteiger partial charge in [0, 0.05) is 19.8 Å². The maximum absolute atomic E-state index is 12.7. The molecule has 0 unspecified atom stereocenters. The molecule has 31 heavy (non-hydrogen) atoms. The van der Waals surface area contributed by atoms with Gasteiger partial charge in [0.05, 0.1) is 13.2 Å². The number of carbonyl (C=O) groups is 1. The molecule has 1 amide bonds. The van der Waals surface area contributed by atoms with Gasteiger partial charge in [-0.2, -0.15) is 0 Å². The third kappa shape index (κ3) is 8.90. The van der Waals surface area contributed by atoms with Crippen molar-refractivity contribution in [2.75, 3.05) is 32.9 Å². The Bertz CT molecular complexity index is 655. The molecule has 0 spiro atoms. The minimum absolute atomic E-state index is 0.135. The molecule has 1 aromatic rings. The van der Waals surface area contributed by atoms with Crippen LogP contribution in [0.25, 0.3) is 0 Å². The topological polar surface area (TPSA) is 94.3 Å². The number of hydrogen-bond acceptors (Lipinski definition) is 6. The molecule has 0 aromatic heterocycles. The van der Waals surface area contributed by atoms with Crippen molar-refractivity contribution in [2.45, 2.75) is 71.5 Å². The number of carbonyl (C=O) groups excluding carboxylic acids is 1. The Kier molecular flexibility index (Phi) is 11.2. The van der Waals surface area contributed by atoms with E-state index in [4.69, 9.17) is 19.6 Å². The van der Waals surface area contributed by atoms with Crippen LogP contribution in [0.3, 0.4) is 0 Å². The van der Waals surface area contributed by atoms with Gasteiger partial charge < -0.3 is 29.6 Å². The Morgan fingerprint density at radius 2 is 1.68 bits per heavy atom. The molecule has 8 heteroatoms. The standard InChI is InChI=1S/C23H42N2O5Si/c1-8-28-21(29-9-2)16-25(22(27)20(24)17-26)15-14-18-10-12-19(13-11-18)30-31(6,7)23(3,4)5/h10-13,20-21,26H,8-9,14-17,24H2,1-7H3/t20-/m0/s1. The second kappa shape index (κ2) is 12.5. The van der Waals surface area contributed by atoms with Gasteiger partial charge in [-0.1, -0.05) is 32.9 Å². The summed E-state index contributed by atoms with van der Waals surface area (Å²) >= 11 is 0. The summed E-state index contributed by atoms with van der Waals surface area (Å²) in [5.41, 5.74) is 6.87. The van der Waals surface area contributed by atoms with Gasteiger partial charge in [0.2, 0.25) is 14.2 Å². The summed E-state index contributed by atoms with van der Waals surface area (Å²) < 4.78 is 17.5. The predicted molar refractivity (Wildman–Crippen MR) is 127 cm³/mol. The number of benzene rings is 1. The van der Waals surface area contributed by atoms with Crippen LogP contribution in [0, 0.1) is 0 Å². The molecule has 0 aliphatic heterocycles. The first-order valence-electron chi connectivity index (χ1n) is 11.1. The van der Waals surface area contributed by atoms with E-state index in [-0.39, 0.29) is 17.5 Å². The first-order valence-corrected chi connectivity index (χ1v) is 14.0. The van der Waals surface area contributed by atoms with Crippen molar-refractivity contribution in [1.82, 2.24) is 4.90 Å². The van der Waals surface area contributed by atoms with Gasteiger partial charge in [0.25, 0.3) is 0 Å². The maximum atomic E-state index is 12.7. The van der Waals surface area contributed by atoms with Crippen LogP contribution >= 0.6 is 0 Å². The molecule has 0 saturated heterocycles. The smallest absolute Gasteiger partial charge is 0.250 e. The lowest BCUT2D eigenvalue weighted by atomic mass is 10.1. The van der Waals surface area contributed by atoms with Crippen LogP contribution < -0.4 is 10.2 Å². The molecule has 0 saturated carbocycles. The van der Waals surface area contributed by atoms with E-state index >= 15 is 0 Å². The molecule has 0 fully saturated rings. The maximum Gasteiger partial charge on any atom is 0.250 e. The van der Waals surface area contributed by atoms with E-state index in [0.29, 0.717) is 26.2 Å². The first-order chi connectivity index (χ1) is 14.4. The van der Waals surface area contributed by atoms with Crippen LogP contribution in [0.2, 0.25) is 18.1 Å². The quantitative estimate of drug-likeness (QED) is 0.351. The Labute approximate surface area is 189 Å². The normalized spacial score (nSPS) is 13.4. The Balaban J connectivity index is 2.84. The predicted octanol–water partition coefficient (Wildman–Crippen LogP) is 3.16. The van der Waals surface area contributed by atoms with E-state index in [0.717, 1.165) is 11.3 Å². The van der Waals surface area contributed by atoms with Crippen LogP contribution in [0.4, 0.5) is 0 Å². The molecule has 0 heterocycles. The van der Waals surface area contributed by atoms with E-state index in [1.165, 1.54) is 0 Å². The van der Waals surface area contributed by atoms with Crippen LogP contribution in [0.5, 0.6) is 5.75 Å². The van der Waals surface area contributed by atoms with Crippen LogP contribution in [0.1, 0.15) is 40.2 Å². The van der Waals surface area contributed by atoms with Crippen molar-refractivity contribution in [3.05, 3.63) is 29.8 Å². The van der Waals surface area contributed by atoms with E-state index in [2.05, 4.69) is 33.9 Å². The SMILES string of the molecule is CCOC(CN(CCc1ccc(O[Si](C)(C)C(C)(C)C)cc1)C(=O)[C@@H](N)CO)OCC. The zero-order chi connectivity index (χ0) is 23.7. The van der Waals surface area contributed by atoms with Gasteiger partial charge >= 0.3 is 0 Å². The van der Waals surface area contributed by atoms with Crippen LogP contribution in [-0.4, -0.2) is 69.5 Å². The molecule has 0 bridgehead atoms. The molecule has 1 atom stereocenters. The highest BCUT2D eigenvalue weighted by molar-refractivity contribution is 6.74. The fourth-order valence-electron chi connectivity index (χ4n) is 2.75. The Morgan fingerprint density at radius 3 is 2.13 bits per heavy atom. The molecule has 7 nitrogen and oxygen atoms in total. The monoisotopic (exact) mass is 454 g/mol. The van der Waals surface area contributed by atoms with Gasteiger partial charge in [0.15, 0.2) is 6.29 Å². The summed E-state index contributed by atoms with van der Waals surface area (Å²) in [7, 11) is -1.88. The number of nitrogens with two attached hydrogens (primary N) is 1. The average molecular weight is 455 g/mol. The highest BCUT2D eigenvalue weighted by atomic mass is 28.4. The lowest BCUT2D eigenvalue weighted by Crippen LogP contribution is -2.49. The number of rotatable bonds is 13. The van der Waals surface area contributed by atoms with Crippen molar-refractivity contribution < 1.29 is 23.8 Å². The molecule has 178 valence electrons. The van der Waals surface area contributed by atoms with Crippen LogP contribution in [0.15, 0.2) is 24.3 Å². The van der Waals surface area contributed by atoms with E-state index in [9.17, 15) is 9.90 Å². The molecule has 0 aliphatic rings. The summed E-state index contributed by atoms with van der Waals surface area (Å²) in [5.74, 6) is 0.558. The number of ether oxygens (including phenoxy) is 2. The third-order valence-electron chi connectivity index (χ3n) is 5.67. The molecule has 3 N–H and O–H groups in total. The largest absolute Gasteiger partial charge is 0.544 e. The Hall–Kier alpha value is -1.45. The molecular formula is C23H42N2O5Si. The molecule has 1 aromatic carbocycles. The zero-order valence-corrected chi connectivity index (χ0v) is 21.3. The van der Waals surface area contributed by atoms with Crippen molar-refractivity contribution >= 4 is 14.2 Å².